The minimum Gasteiger partial charge on any atom is -0.368 e. The summed E-state index contributed by atoms with van der Waals surface area (Å²) in [6, 6.07) is 5.73. The number of nitro groups is 1. The number of alkyl halides is 1. The van der Waals surface area contributed by atoms with Crippen molar-refractivity contribution in [1.29, 1.82) is 0 Å². The zero-order valence-electron chi connectivity index (χ0n) is 12.1. The van der Waals surface area contributed by atoms with Gasteiger partial charge in [-0.2, -0.15) is 0 Å². The standard InChI is InChI=1S/C16H21ClN2O2/c17-11-13-10-14(19(20)21)7-8-16(13)18-9-3-5-12-4-1-2-6-15(12)18/h7-8,10,12,15H,1-6,9,11H2/t12-,15-/m1/s1. The molecule has 1 aliphatic carbocycles. The topological polar surface area (TPSA) is 46.4 Å². The molecule has 1 aliphatic heterocycles. The number of rotatable bonds is 3. The van der Waals surface area contributed by atoms with Crippen LogP contribution in [0.2, 0.25) is 0 Å². The van der Waals surface area contributed by atoms with E-state index in [1.165, 1.54) is 38.5 Å². The van der Waals surface area contributed by atoms with Gasteiger partial charge < -0.3 is 4.90 Å². The molecule has 0 amide bonds. The van der Waals surface area contributed by atoms with Crippen molar-refractivity contribution in [3.8, 4) is 0 Å². The predicted molar refractivity (Wildman–Crippen MR) is 85.0 cm³/mol. The van der Waals surface area contributed by atoms with Crippen LogP contribution in [0.4, 0.5) is 11.4 Å². The Balaban J connectivity index is 1.92. The summed E-state index contributed by atoms with van der Waals surface area (Å²) in [4.78, 5) is 13.1. The molecule has 3 rings (SSSR count). The third-order valence-corrected chi connectivity index (χ3v) is 5.26. The molecule has 2 aliphatic rings. The Morgan fingerprint density at radius 2 is 2.00 bits per heavy atom. The fraction of sp³-hybridized carbons (Fsp3) is 0.625. The Labute approximate surface area is 130 Å². The number of nitro benzene ring substituents is 1. The lowest BCUT2D eigenvalue weighted by atomic mass is 9.78. The molecule has 1 aromatic carbocycles. The van der Waals surface area contributed by atoms with E-state index < -0.39 is 0 Å². The lowest BCUT2D eigenvalue weighted by Crippen LogP contribution is -2.47. The summed E-state index contributed by atoms with van der Waals surface area (Å²) < 4.78 is 0. The number of nitrogens with zero attached hydrogens (tertiary/aromatic N) is 2. The summed E-state index contributed by atoms with van der Waals surface area (Å²) in [6.07, 6.45) is 7.73. The average molecular weight is 309 g/mol. The van der Waals surface area contributed by atoms with Crippen LogP contribution in [0.25, 0.3) is 0 Å². The number of benzene rings is 1. The fourth-order valence-corrected chi connectivity index (χ4v) is 4.21. The minimum absolute atomic E-state index is 0.131. The Morgan fingerprint density at radius 1 is 1.24 bits per heavy atom. The van der Waals surface area contributed by atoms with Crippen LogP contribution in [0.3, 0.4) is 0 Å². The van der Waals surface area contributed by atoms with Crippen molar-refractivity contribution in [3.05, 3.63) is 33.9 Å². The first-order valence-electron chi connectivity index (χ1n) is 7.80. The number of halogens is 1. The molecule has 2 fully saturated rings. The van der Waals surface area contributed by atoms with E-state index >= 15 is 0 Å². The molecule has 0 bridgehead atoms. The molecule has 2 atom stereocenters. The maximum absolute atomic E-state index is 10.9. The van der Waals surface area contributed by atoms with Crippen LogP contribution in [-0.2, 0) is 5.88 Å². The van der Waals surface area contributed by atoms with Gasteiger partial charge in [0.1, 0.15) is 0 Å². The first-order valence-corrected chi connectivity index (χ1v) is 8.34. The maximum atomic E-state index is 10.9. The molecule has 0 N–H and O–H groups in total. The number of anilines is 1. The molecule has 5 heteroatoms. The van der Waals surface area contributed by atoms with Crippen LogP contribution < -0.4 is 4.90 Å². The van der Waals surface area contributed by atoms with Gasteiger partial charge in [-0.25, -0.2) is 0 Å². The van der Waals surface area contributed by atoms with Gasteiger partial charge in [0.25, 0.3) is 5.69 Å². The fourth-order valence-electron chi connectivity index (χ4n) is 4.00. The second kappa shape index (κ2) is 6.22. The highest BCUT2D eigenvalue weighted by Crippen LogP contribution is 2.39. The van der Waals surface area contributed by atoms with Gasteiger partial charge in [0.15, 0.2) is 0 Å². The number of piperidine rings is 1. The molecule has 1 heterocycles. The number of hydrogen-bond donors (Lipinski definition) is 0. The van der Waals surface area contributed by atoms with Gasteiger partial charge in [0, 0.05) is 36.3 Å². The van der Waals surface area contributed by atoms with Crippen LogP contribution in [0.15, 0.2) is 18.2 Å². The zero-order valence-corrected chi connectivity index (χ0v) is 12.9. The Kier molecular flexibility index (Phi) is 4.34. The lowest BCUT2D eigenvalue weighted by Gasteiger charge is -2.46. The van der Waals surface area contributed by atoms with Crippen molar-refractivity contribution < 1.29 is 4.92 Å². The molecule has 0 radical (unpaired) electrons. The largest absolute Gasteiger partial charge is 0.368 e. The second-order valence-electron chi connectivity index (χ2n) is 6.15. The molecule has 0 unspecified atom stereocenters. The highest BCUT2D eigenvalue weighted by Gasteiger charge is 2.34. The van der Waals surface area contributed by atoms with Gasteiger partial charge in [-0.1, -0.05) is 12.8 Å². The van der Waals surface area contributed by atoms with E-state index in [4.69, 9.17) is 11.6 Å². The summed E-state index contributed by atoms with van der Waals surface area (Å²) in [5, 5.41) is 10.9. The quantitative estimate of drug-likeness (QED) is 0.469. The first-order chi connectivity index (χ1) is 10.2. The van der Waals surface area contributed by atoms with Crippen molar-refractivity contribution in [2.24, 2.45) is 5.92 Å². The Morgan fingerprint density at radius 3 is 2.76 bits per heavy atom. The van der Waals surface area contributed by atoms with Crippen LogP contribution >= 0.6 is 11.6 Å². The highest BCUT2D eigenvalue weighted by molar-refractivity contribution is 6.17. The van der Waals surface area contributed by atoms with Gasteiger partial charge in [-0.15, -0.1) is 11.6 Å². The maximum Gasteiger partial charge on any atom is 0.269 e. The van der Waals surface area contributed by atoms with Crippen LogP contribution in [0.5, 0.6) is 0 Å². The molecule has 1 saturated carbocycles. The van der Waals surface area contributed by atoms with E-state index in [0.29, 0.717) is 11.9 Å². The summed E-state index contributed by atoms with van der Waals surface area (Å²) in [5.41, 5.74) is 2.12. The molecule has 1 aromatic rings. The van der Waals surface area contributed by atoms with Gasteiger partial charge in [-0.3, -0.25) is 10.1 Å². The monoisotopic (exact) mass is 308 g/mol. The molecule has 0 spiro atoms. The van der Waals surface area contributed by atoms with E-state index in [9.17, 15) is 10.1 Å². The molecule has 1 saturated heterocycles. The minimum atomic E-state index is -0.348. The molecule has 21 heavy (non-hydrogen) atoms. The first kappa shape index (κ1) is 14.6. The zero-order chi connectivity index (χ0) is 14.8. The van der Waals surface area contributed by atoms with Gasteiger partial charge in [0.05, 0.1) is 4.92 Å². The molecular formula is C16H21ClN2O2. The summed E-state index contributed by atoms with van der Waals surface area (Å²) in [6.45, 7) is 1.04. The average Bonchev–Trinajstić information content (AvgIpc) is 2.53. The van der Waals surface area contributed by atoms with Gasteiger partial charge >= 0.3 is 0 Å². The van der Waals surface area contributed by atoms with Crippen LogP contribution in [0, 0.1) is 16.0 Å². The molecule has 4 nitrogen and oxygen atoms in total. The summed E-state index contributed by atoms with van der Waals surface area (Å²) >= 11 is 6.05. The summed E-state index contributed by atoms with van der Waals surface area (Å²) in [7, 11) is 0. The Hall–Kier alpha value is -1.29. The van der Waals surface area contributed by atoms with E-state index in [2.05, 4.69) is 4.90 Å². The van der Waals surface area contributed by atoms with Gasteiger partial charge in [-0.05, 0) is 43.2 Å². The third-order valence-electron chi connectivity index (χ3n) is 4.97. The van der Waals surface area contributed by atoms with Crippen LogP contribution in [-0.4, -0.2) is 17.5 Å². The lowest BCUT2D eigenvalue weighted by molar-refractivity contribution is -0.384. The predicted octanol–water partition coefficient (Wildman–Crippen LogP) is 4.49. The summed E-state index contributed by atoms with van der Waals surface area (Å²) in [5.74, 6) is 1.11. The van der Waals surface area contributed by atoms with Crippen molar-refractivity contribution in [2.45, 2.75) is 50.4 Å². The van der Waals surface area contributed by atoms with Crippen molar-refractivity contribution in [2.75, 3.05) is 11.4 Å². The van der Waals surface area contributed by atoms with E-state index in [0.717, 1.165) is 23.7 Å². The Bertz CT molecular complexity index is 533. The van der Waals surface area contributed by atoms with E-state index in [1.807, 2.05) is 6.07 Å². The van der Waals surface area contributed by atoms with Crippen LogP contribution in [0.1, 0.15) is 44.1 Å². The van der Waals surface area contributed by atoms with Gasteiger partial charge in [0.2, 0.25) is 0 Å². The SMILES string of the molecule is O=[N+]([O-])c1ccc(N2CCC[C@H]3CCCC[C@H]32)c(CCl)c1. The number of fused-ring (bicyclic) bond motifs is 1. The highest BCUT2D eigenvalue weighted by atomic mass is 35.5. The van der Waals surface area contributed by atoms with Crippen molar-refractivity contribution in [3.63, 3.8) is 0 Å². The number of non-ortho nitro benzene ring substituents is 1. The normalized spacial score (nSPS) is 25.5. The molecule has 114 valence electrons. The molecule has 0 aromatic heterocycles. The third kappa shape index (κ3) is 2.86. The second-order valence-corrected chi connectivity index (χ2v) is 6.42. The number of hydrogen-bond acceptors (Lipinski definition) is 3. The smallest absolute Gasteiger partial charge is 0.269 e. The van der Waals surface area contributed by atoms with E-state index in [1.54, 1.807) is 12.1 Å². The molecular weight excluding hydrogens is 288 g/mol. The van der Waals surface area contributed by atoms with E-state index in [-0.39, 0.29) is 10.6 Å². The van der Waals surface area contributed by atoms with Crippen molar-refractivity contribution in [1.82, 2.24) is 0 Å². The van der Waals surface area contributed by atoms with Crippen molar-refractivity contribution >= 4 is 23.0 Å².